The van der Waals surface area contributed by atoms with Crippen molar-refractivity contribution in [2.75, 3.05) is 5.73 Å². The number of nitrogens with two attached hydrogens (primary N) is 1. The van der Waals surface area contributed by atoms with Gasteiger partial charge >= 0.3 is 0 Å². The smallest absolute Gasteiger partial charge is 0.129 e. The van der Waals surface area contributed by atoms with E-state index in [0.717, 1.165) is 16.8 Å². The van der Waals surface area contributed by atoms with Crippen LogP contribution in [0.15, 0.2) is 30.3 Å². The van der Waals surface area contributed by atoms with Crippen LogP contribution in [0.25, 0.3) is 0 Å². The van der Waals surface area contributed by atoms with Crippen LogP contribution in [0, 0.1) is 19.7 Å². The Hall–Kier alpha value is -1.74. The summed E-state index contributed by atoms with van der Waals surface area (Å²) in [5, 5.41) is 0.491. The van der Waals surface area contributed by atoms with Crippen LogP contribution in [-0.4, -0.2) is 0 Å². The Morgan fingerprint density at radius 3 is 2.63 bits per heavy atom. The number of nitrogen functional groups attached to an aromatic ring is 1. The van der Waals surface area contributed by atoms with Crippen LogP contribution in [-0.2, 0) is 6.61 Å². The van der Waals surface area contributed by atoms with Gasteiger partial charge in [0, 0.05) is 16.3 Å². The number of hydrogen-bond donors (Lipinski definition) is 1. The third-order valence-corrected chi connectivity index (χ3v) is 3.19. The first-order valence-corrected chi connectivity index (χ1v) is 6.28. The van der Waals surface area contributed by atoms with Crippen molar-refractivity contribution in [3.8, 4) is 5.75 Å². The van der Waals surface area contributed by atoms with Gasteiger partial charge < -0.3 is 10.5 Å². The van der Waals surface area contributed by atoms with E-state index >= 15 is 0 Å². The van der Waals surface area contributed by atoms with E-state index in [9.17, 15) is 4.39 Å². The summed E-state index contributed by atoms with van der Waals surface area (Å²) in [5.41, 5.74) is 8.82. The Morgan fingerprint density at radius 1 is 1.16 bits per heavy atom. The molecule has 0 radical (unpaired) electrons. The van der Waals surface area contributed by atoms with Crippen LogP contribution in [0.5, 0.6) is 5.75 Å². The van der Waals surface area contributed by atoms with Gasteiger partial charge in [0.1, 0.15) is 18.2 Å². The number of aryl methyl sites for hydroxylation is 2. The van der Waals surface area contributed by atoms with Gasteiger partial charge in [-0.05, 0) is 55.3 Å². The number of rotatable bonds is 3. The first kappa shape index (κ1) is 13.7. The minimum atomic E-state index is -0.325. The van der Waals surface area contributed by atoms with Gasteiger partial charge in [-0.1, -0.05) is 11.6 Å². The van der Waals surface area contributed by atoms with Crippen molar-refractivity contribution in [3.63, 3.8) is 0 Å². The normalized spacial score (nSPS) is 10.5. The van der Waals surface area contributed by atoms with Crippen molar-refractivity contribution >= 4 is 17.3 Å². The summed E-state index contributed by atoms with van der Waals surface area (Å²) in [6.07, 6.45) is 0. The highest BCUT2D eigenvalue weighted by atomic mass is 35.5. The summed E-state index contributed by atoms with van der Waals surface area (Å²) >= 11 is 5.84. The second kappa shape index (κ2) is 5.49. The molecule has 2 rings (SSSR count). The van der Waals surface area contributed by atoms with E-state index in [1.54, 1.807) is 6.07 Å². The lowest BCUT2D eigenvalue weighted by atomic mass is 10.1. The van der Waals surface area contributed by atoms with Gasteiger partial charge in [-0.3, -0.25) is 0 Å². The summed E-state index contributed by atoms with van der Waals surface area (Å²) in [4.78, 5) is 0. The van der Waals surface area contributed by atoms with Crippen molar-refractivity contribution < 1.29 is 9.13 Å². The monoisotopic (exact) mass is 279 g/mol. The third-order valence-electron chi connectivity index (χ3n) is 2.95. The number of hydrogen-bond acceptors (Lipinski definition) is 2. The molecule has 0 unspecified atom stereocenters. The van der Waals surface area contributed by atoms with Gasteiger partial charge in [0.05, 0.1) is 0 Å². The first-order chi connectivity index (χ1) is 8.97. The van der Waals surface area contributed by atoms with Crippen LogP contribution in [0.1, 0.15) is 16.7 Å². The minimum Gasteiger partial charge on any atom is -0.489 e. The molecule has 0 bridgehead atoms. The molecule has 2 N–H and O–H groups in total. The zero-order chi connectivity index (χ0) is 14.0. The van der Waals surface area contributed by atoms with Crippen molar-refractivity contribution in [1.29, 1.82) is 0 Å². The summed E-state index contributed by atoms with van der Waals surface area (Å²) in [7, 11) is 0. The zero-order valence-electron chi connectivity index (χ0n) is 10.8. The highest BCUT2D eigenvalue weighted by Crippen LogP contribution is 2.25. The largest absolute Gasteiger partial charge is 0.489 e. The Bertz CT molecular complexity index is 613. The second-order valence-corrected chi connectivity index (χ2v) is 4.94. The van der Waals surface area contributed by atoms with Crippen molar-refractivity contribution in [1.82, 2.24) is 0 Å². The van der Waals surface area contributed by atoms with Gasteiger partial charge in [0.2, 0.25) is 0 Å². The minimum absolute atomic E-state index is 0.136. The fourth-order valence-corrected chi connectivity index (χ4v) is 1.97. The van der Waals surface area contributed by atoms with Crippen LogP contribution >= 0.6 is 11.6 Å². The molecule has 0 atom stereocenters. The van der Waals surface area contributed by atoms with Gasteiger partial charge in [-0.15, -0.1) is 0 Å². The summed E-state index contributed by atoms with van der Waals surface area (Å²) in [6.45, 7) is 3.94. The lowest BCUT2D eigenvalue weighted by Gasteiger charge is -2.12. The quantitative estimate of drug-likeness (QED) is 0.852. The molecule has 2 aromatic carbocycles. The molecule has 0 aliphatic rings. The van der Waals surface area contributed by atoms with Crippen LogP contribution in [0.3, 0.4) is 0 Å². The number of halogens is 2. The second-order valence-electron chi connectivity index (χ2n) is 4.50. The van der Waals surface area contributed by atoms with Gasteiger partial charge in [0.25, 0.3) is 0 Å². The number of anilines is 1. The van der Waals surface area contributed by atoms with E-state index in [-0.39, 0.29) is 12.4 Å². The van der Waals surface area contributed by atoms with Crippen LogP contribution in [0.2, 0.25) is 5.02 Å². The maximum Gasteiger partial charge on any atom is 0.129 e. The predicted molar refractivity (Wildman–Crippen MR) is 76.1 cm³/mol. The van der Waals surface area contributed by atoms with Crippen LogP contribution < -0.4 is 10.5 Å². The Morgan fingerprint density at radius 2 is 1.89 bits per heavy atom. The zero-order valence-corrected chi connectivity index (χ0v) is 11.6. The topological polar surface area (TPSA) is 35.2 Å². The third kappa shape index (κ3) is 3.18. The first-order valence-electron chi connectivity index (χ1n) is 5.91. The number of benzene rings is 2. The van der Waals surface area contributed by atoms with E-state index in [4.69, 9.17) is 22.1 Å². The Kier molecular flexibility index (Phi) is 3.96. The molecule has 4 heteroatoms. The highest BCUT2D eigenvalue weighted by molar-refractivity contribution is 6.30. The van der Waals surface area contributed by atoms with Crippen LogP contribution in [0.4, 0.5) is 10.1 Å². The maximum atomic E-state index is 13.6. The fraction of sp³-hybridized carbons (Fsp3) is 0.200. The average Bonchev–Trinajstić information content (AvgIpc) is 2.36. The molecule has 0 aliphatic heterocycles. The van der Waals surface area contributed by atoms with Crippen molar-refractivity contribution in [2.45, 2.75) is 20.5 Å². The van der Waals surface area contributed by atoms with E-state index in [2.05, 4.69) is 0 Å². The van der Waals surface area contributed by atoms with E-state index < -0.39 is 0 Å². The Balaban J connectivity index is 2.19. The molecular weight excluding hydrogens is 265 g/mol. The Labute approximate surface area is 117 Å². The van der Waals surface area contributed by atoms with Gasteiger partial charge in [0.15, 0.2) is 0 Å². The molecule has 0 heterocycles. The molecule has 0 saturated heterocycles. The molecule has 0 amide bonds. The molecule has 0 spiro atoms. The predicted octanol–water partition coefficient (Wildman–Crippen LogP) is 4.26. The van der Waals surface area contributed by atoms with Gasteiger partial charge in [-0.2, -0.15) is 0 Å². The molecule has 2 nitrogen and oxygen atoms in total. The molecule has 100 valence electrons. The molecule has 19 heavy (non-hydrogen) atoms. The van der Waals surface area contributed by atoms with E-state index in [0.29, 0.717) is 16.3 Å². The molecular formula is C15H15ClFNO. The number of ether oxygens (including phenoxy) is 1. The lowest BCUT2D eigenvalue weighted by molar-refractivity contribution is 0.297. The maximum absolute atomic E-state index is 13.6. The average molecular weight is 280 g/mol. The molecule has 0 saturated carbocycles. The fourth-order valence-electron chi connectivity index (χ4n) is 1.78. The lowest BCUT2D eigenvalue weighted by Crippen LogP contribution is -2.01. The summed E-state index contributed by atoms with van der Waals surface area (Å²) in [5.74, 6) is 0.375. The molecule has 2 aromatic rings. The van der Waals surface area contributed by atoms with Crippen molar-refractivity contribution in [3.05, 3.63) is 57.9 Å². The summed E-state index contributed by atoms with van der Waals surface area (Å²) < 4.78 is 19.2. The highest BCUT2D eigenvalue weighted by Gasteiger charge is 2.07. The molecule has 0 aliphatic carbocycles. The van der Waals surface area contributed by atoms with Gasteiger partial charge in [-0.25, -0.2) is 4.39 Å². The summed E-state index contributed by atoms with van der Waals surface area (Å²) in [6, 6.07) is 8.11. The van der Waals surface area contributed by atoms with E-state index in [1.807, 2.05) is 26.0 Å². The molecule has 0 aromatic heterocycles. The SMILES string of the molecule is Cc1cc(OCc2cc(Cl)ccc2F)c(C)cc1N. The van der Waals surface area contributed by atoms with Crippen molar-refractivity contribution in [2.24, 2.45) is 0 Å². The van der Waals surface area contributed by atoms with E-state index in [1.165, 1.54) is 12.1 Å². The molecule has 0 fully saturated rings. The standard InChI is InChI=1S/C15H15ClFNO/c1-9-6-15(10(2)5-14(9)18)19-8-11-7-12(16)3-4-13(11)17/h3-7H,8,18H2,1-2H3.